The number of esters is 1. The molecule has 0 saturated heterocycles. The van der Waals surface area contributed by atoms with E-state index in [1.165, 1.54) is 11.3 Å². The summed E-state index contributed by atoms with van der Waals surface area (Å²) < 4.78 is 6.03. The van der Waals surface area contributed by atoms with Crippen LogP contribution in [0.4, 0.5) is 5.69 Å². The average Bonchev–Trinajstić information content (AvgIpc) is 2.83. The number of thiazole rings is 1. The van der Waals surface area contributed by atoms with Gasteiger partial charge in [-0.05, 0) is 18.2 Å². The Morgan fingerprint density at radius 1 is 1.38 bits per heavy atom. The molecule has 0 aliphatic carbocycles. The number of halogens is 1. The second kappa shape index (κ2) is 6.15. The van der Waals surface area contributed by atoms with Crippen LogP contribution in [-0.4, -0.2) is 11.0 Å². The fourth-order valence-corrected chi connectivity index (χ4v) is 3.11. The van der Waals surface area contributed by atoms with Gasteiger partial charge in [0, 0.05) is 21.0 Å². The molecule has 0 spiro atoms. The van der Waals surface area contributed by atoms with E-state index >= 15 is 0 Å². The number of nitrogens with zero attached hydrogens (tertiary/aromatic N) is 1. The van der Waals surface area contributed by atoms with Gasteiger partial charge in [-0.15, -0.1) is 11.3 Å². The molecule has 0 aliphatic heterocycles. The first-order chi connectivity index (χ1) is 9.75. The Morgan fingerprint density at radius 3 is 2.67 bits per heavy atom. The van der Waals surface area contributed by atoms with Crippen LogP contribution in [0.1, 0.15) is 41.8 Å². The fraction of sp³-hybridized carbons (Fsp3) is 0.333. The van der Waals surface area contributed by atoms with E-state index in [1.807, 2.05) is 5.38 Å². The van der Waals surface area contributed by atoms with Crippen LogP contribution < -0.4 is 5.73 Å². The average molecular weight is 369 g/mol. The lowest BCUT2D eigenvalue weighted by atomic mass is 9.93. The summed E-state index contributed by atoms with van der Waals surface area (Å²) in [5.41, 5.74) is 7.65. The molecule has 0 unspecified atom stereocenters. The Labute approximate surface area is 136 Å². The van der Waals surface area contributed by atoms with Crippen molar-refractivity contribution in [3.8, 4) is 0 Å². The van der Waals surface area contributed by atoms with E-state index in [9.17, 15) is 4.79 Å². The van der Waals surface area contributed by atoms with Gasteiger partial charge in [0.1, 0.15) is 11.6 Å². The van der Waals surface area contributed by atoms with Gasteiger partial charge < -0.3 is 10.5 Å². The third-order valence-electron chi connectivity index (χ3n) is 2.80. The SMILES string of the molecule is CC(C)(C)c1csc(COC(=O)c2cc(N)cc(Br)c2)n1. The van der Waals surface area contributed by atoms with Gasteiger partial charge in [0.2, 0.25) is 0 Å². The van der Waals surface area contributed by atoms with E-state index in [4.69, 9.17) is 10.5 Å². The van der Waals surface area contributed by atoms with E-state index in [0.29, 0.717) is 11.3 Å². The third kappa shape index (κ3) is 4.28. The highest BCUT2D eigenvalue weighted by Crippen LogP contribution is 2.24. The van der Waals surface area contributed by atoms with Gasteiger partial charge in [-0.3, -0.25) is 0 Å². The molecule has 2 N–H and O–H groups in total. The topological polar surface area (TPSA) is 65.2 Å². The summed E-state index contributed by atoms with van der Waals surface area (Å²) in [6.45, 7) is 6.47. The summed E-state index contributed by atoms with van der Waals surface area (Å²) in [6, 6.07) is 5.00. The monoisotopic (exact) mass is 368 g/mol. The standard InChI is InChI=1S/C15H17BrN2O2S/c1-15(2,3)12-8-21-13(18-12)7-20-14(19)9-4-10(16)6-11(17)5-9/h4-6,8H,7,17H2,1-3H3. The number of hydrogen-bond donors (Lipinski definition) is 1. The van der Waals surface area contributed by atoms with Crippen LogP contribution in [0.5, 0.6) is 0 Å². The Balaban J connectivity index is 2.02. The lowest BCUT2D eigenvalue weighted by molar-refractivity contribution is 0.0472. The van der Waals surface area contributed by atoms with Crippen LogP contribution in [-0.2, 0) is 16.8 Å². The number of ether oxygens (including phenoxy) is 1. The Morgan fingerprint density at radius 2 is 2.10 bits per heavy atom. The minimum Gasteiger partial charge on any atom is -0.455 e. The smallest absolute Gasteiger partial charge is 0.338 e. The maximum atomic E-state index is 12.0. The van der Waals surface area contributed by atoms with Crippen LogP contribution in [0.15, 0.2) is 28.1 Å². The predicted octanol–water partition coefficient (Wildman–Crippen LogP) is 4.14. The molecule has 1 aromatic carbocycles. The molecular formula is C15H17BrN2O2S. The highest BCUT2D eigenvalue weighted by molar-refractivity contribution is 9.10. The maximum absolute atomic E-state index is 12.0. The number of rotatable bonds is 3. The predicted molar refractivity (Wildman–Crippen MR) is 88.5 cm³/mol. The molecule has 21 heavy (non-hydrogen) atoms. The van der Waals surface area contributed by atoms with Crippen molar-refractivity contribution >= 4 is 38.9 Å². The van der Waals surface area contributed by atoms with Crippen molar-refractivity contribution in [2.24, 2.45) is 0 Å². The molecule has 0 bridgehead atoms. The summed E-state index contributed by atoms with van der Waals surface area (Å²) in [6.07, 6.45) is 0. The van der Waals surface area contributed by atoms with Crippen LogP contribution in [0.3, 0.4) is 0 Å². The Bertz CT molecular complexity index is 642. The molecule has 0 atom stereocenters. The van der Waals surface area contributed by atoms with E-state index in [-0.39, 0.29) is 12.0 Å². The van der Waals surface area contributed by atoms with E-state index in [1.54, 1.807) is 18.2 Å². The molecule has 112 valence electrons. The zero-order valence-corrected chi connectivity index (χ0v) is 14.5. The van der Waals surface area contributed by atoms with Crippen molar-refractivity contribution < 1.29 is 9.53 Å². The van der Waals surface area contributed by atoms with Gasteiger partial charge in [-0.2, -0.15) is 0 Å². The lowest BCUT2D eigenvalue weighted by Gasteiger charge is -2.14. The normalized spacial score (nSPS) is 11.4. The van der Waals surface area contributed by atoms with Gasteiger partial charge in [-0.1, -0.05) is 36.7 Å². The molecule has 0 saturated carbocycles. The van der Waals surface area contributed by atoms with Crippen molar-refractivity contribution in [3.63, 3.8) is 0 Å². The second-order valence-corrected chi connectivity index (χ2v) is 7.58. The number of nitrogen functional groups attached to an aromatic ring is 1. The fourth-order valence-electron chi connectivity index (χ4n) is 1.66. The lowest BCUT2D eigenvalue weighted by Crippen LogP contribution is -2.12. The molecule has 6 heteroatoms. The first kappa shape index (κ1) is 16.0. The summed E-state index contributed by atoms with van der Waals surface area (Å²) in [7, 11) is 0. The summed E-state index contributed by atoms with van der Waals surface area (Å²) in [5.74, 6) is -0.407. The number of hydrogen-bond acceptors (Lipinski definition) is 5. The first-order valence-corrected chi connectivity index (χ1v) is 8.11. The summed E-state index contributed by atoms with van der Waals surface area (Å²) in [4.78, 5) is 16.5. The van der Waals surface area contributed by atoms with Crippen LogP contribution >= 0.6 is 27.3 Å². The molecule has 4 nitrogen and oxygen atoms in total. The van der Waals surface area contributed by atoms with E-state index < -0.39 is 5.97 Å². The highest BCUT2D eigenvalue weighted by atomic mass is 79.9. The summed E-state index contributed by atoms with van der Waals surface area (Å²) in [5, 5.41) is 2.79. The van der Waals surface area contributed by atoms with Gasteiger partial charge in [0.25, 0.3) is 0 Å². The van der Waals surface area contributed by atoms with Crippen LogP contribution in [0, 0.1) is 0 Å². The van der Waals surface area contributed by atoms with Crippen molar-refractivity contribution in [1.82, 2.24) is 4.98 Å². The molecule has 0 amide bonds. The maximum Gasteiger partial charge on any atom is 0.338 e. The van der Waals surface area contributed by atoms with Crippen molar-refractivity contribution in [3.05, 3.63) is 44.3 Å². The van der Waals surface area contributed by atoms with Gasteiger partial charge in [0.15, 0.2) is 0 Å². The minimum atomic E-state index is -0.407. The largest absolute Gasteiger partial charge is 0.455 e. The number of nitrogens with two attached hydrogens (primary N) is 1. The molecular weight excluding hydrogens is 352 g/mol. The van der Waals surface area contributed by atoms with Crippen LogP contribution in [0.25, 0.3) is 0 Å². The molecule has 2 aromatic rings. The zero-order valence-electron chi connectivity index (χ0n) is 12.1. The van der Waals surface area contributed by atoms with E-state index in [0.717, 1.165) is 15.2 Å². The molecule has 0 fully saturated rings. The summed E-state index contributed by atoms with van der Waals surface area (Å²) >= 11 is 4.80. The van der Waals surface area contributed by atoms with Crippen molar-refractivity contribution in [1.29, 1.82) is 0 Å². The molecule has 1 heterocycles. The number of anilines is 1. The van der Waals surface area contributed by atoms with Gasteiger partial charge >= 0.3 is 5.97 Å². The number of carbonyl (C=O) groups is 1. The minimum absolute atomic E-state index is 0.00248. The molecule has 0 aliphatic rings. The number of aromatic nitrogens is 1. The van der Waals surface area contributed by atoms with Crippen molar-refractivity contribution in [2.45, 2.75) is 32.8 Å². The quantitative estimate of drug-likeness (QED) is 0.652. The van der Waals surface area contributed by atoms with Crippen LogP contribution in [0.2, 0.25) is 0 Å². The second-order valence-electron chi connectivity index (χ2n) is 5.73. The first-order valence-electron chi connectivity index (χ1n) is 6.44. The highest BCUT2D eigenvalue weighted by Gasteiger charge is 2.18. The Hall–Kier alpha value is -1.40. The van der Waals surface area contributed by atoms with E-state index in [2.05, 4.69) is 41.7 Å². The molecule has 2 rings (SSSR count). The third-order valence-corrected chi connectivity index (χ3v) is 4.08. The molecule has 1 aromatic heterocycles. The van der Waals surface area contributed by atoms with Crippen molar-refractivity contribution in [2.75, 3.05) is 5.73 Å². The number of benzene rings is 1. The zero-order chi connectivity index (χ0) is 15.6. The molecule has 0 radical (unpaired) electrons. The number of carbonyl (C=O) groups excluding carboxylic acids is 1. The van der Waals surface area contributed by atoms with Gasteiger partial charge in [0.05, 0.1) is 11.3 Å². The van der Waals surface area contributed by atoms with Gasteiger partial charge in [-0.25, -0.2) is 9.78 Å². The Kier molecular flexibility index (Phi) is 4.68.